The van der Waals surface area contributed by atoms with E-state index in [0.29, 0.717) is 19.3 Å². The van der Waals surface area contributed by atoms with Crippen molar-refractivity contribution in [3.05, 3.63) is 12.2 Å². The van der Waals surface area contributed by atoms with Crippen molar-refractivity contribution in [3.63, 3.8) is 0 Å². The van der Waals surface area contributed by atoms with E-state index >= 15 is 0 Å². The van der Waals surface area contributed by atoms with Crippen LogP contribution < -0.4 is 16.0 Å². The van der Waals surface area contributed by atoms with E-state index in [1.165, 1.54) is 70.6 Å². The van der Waals surface area contributed by atoms with Crippen molar-refractivity contribution < 1.29 is 144 Å². The fraction of sp³-hybridized carbons (Fsp3) is 0.900. The predicted molar refractivity (Wildman–Crippen MR) is 363 cm³/mol. The van der Waals surface area contributed by atoms with Gasteiger partial charge in [-0.25, -0.2) is 9.59 Å². The smallest absolute Gasteiger partial charge is 0.364 e. The molecule has 4 heterocycles. The summed E-state index contributed by atoms with van der Waals surface area (Å²) in [7, 11) is 0. The Morgan fingerprint density at radius 1 is 0.520 bits per heavy atom. The summed E-state index contributed by atoms with van der Waals surface area (Å²) < 4.78 is 46.5. The predicted octanol–water partition coefficient (Wildman–Crippen LogP) is 0.339. The number of rotatable bonds is 52. The first kappa shape index (κ1) is 90.6. The van der Waals surface area contributed by atoms with Crippen molar-refractivity contribution in [3.8, 4) is 0 Å². The molecule has 3 amide bonds. The number of allylic oxidation sites excluding steroid dienone is 2. The molecule has 4 aliphatic rings. The lowest BCUT2D eigenvalue weighted by molar-refractivity contribution is -0.388. The van der Waals surface area contributed by atoms with Gasteiger partial charge in [0.05, 0.1) is 69.5 Å². The Labute approximate surface area is 598 Å². The number of carboxylic acids is 2. The van der Waals surface area contributed by atoms with Crippen LogP contribution in [-0.2, 0) is 61.9 Å². The van der Waals surface area contributed by atoms with Crippen LogP contribution in [0.1, 0.15) is 220 Å². The van der Waals surface area contributed by atoms with Gasteiger partial charge in [-0.3, -0.25) is 14.4 Å². The molecule has 4 saturated heterocycles. The first-order valence-corrected chi connectivity index (χ1v) is 37.2. The van der Waals surface area contributed by atoms with Crippen LogP contribution in [0.15, 0.2) is 12.2 Å². The number of hydrogen-bond acceptors (Lipinski definition) is 27. The van der Waals surface area contributed by atoms with E-state index < -0.39 is 216 Å². The quantitative estimate of drug-likeness (QED) is 0.0288. The molecule has 0 bridgehead atoms. The first-order chi connectivity index (χ1) is 48.7. The number of carboxylic acid groups (broad SMARTS) is 2. The molecular weight excluding hydrogens is 1350 g/mol. The second-order valence-corrected chi connectivity index (χ2v) is 27.9. The molecule has 32 nitrogen and oxygen atoms in total. The Bertz CT molecular complexity index is 2410. The molecule has 0 aliphatic carbocycles. The molecule has 4 aliphatic heterocycles. The SMILES string of the molecule is CCCCCCC=CCCCCCCCCCC(=O)N[C@@H](CO[C@@H]1O[C@H](CO)[C@@H](O[C@@H]2O[C@H](CO)[C@H](O)[C@H](O[C@]3(C(=O)O)C[C@H](O)[C@@H](NC(C)=O)C([C@H](O)[C@@H](CO)O[C@]4(C(=O)O)C[C@H](O)[C@@H](NC(C)=O)C([C@H](O)[C@H](O)CO)O4)O3)[C@H]2O)[C@H](O)[C@H]1O)[C@H](O)CCCCCCCCCCCCCCC. The van der Waals surface area contributed by atoms with Gasteiger partial charge in [-0.05, 0) is 38.5 Å². The van der Waals surface area contributed by atoms with E-state index in [2.05, 4.69) is 41.9 Å². The molecule has 0 aromatic heterocycles. The number of aliphatic hydroxyl groups excluding tert-OH is 14. The molecule has 594 valence electrons. The summed E-state index contributed by atoms with van der Waals surface area (Å²) in [4.78, 5) is 65.0. The zero-order valence-corrected chi connectivity index (χ0v) is 60.1. The van der Waals surface area contributed by atoms with Gasteiger partial charge in [0.15, 0.2) is 12.6 Å². The second-order valence-electron chi connectivity index (χ2n) is 27.9. The van der Waals surface area contributed by atoms with Crippen LogP contribution in [0.4, 0.5) is 0 Å². The summed E-state index contributed by atoms with van der Waals surface area (Å²) in [5, 5.41) is 185. The second kappa shape index (κ2) is 47.8. The van der Waals surface area contributed by atoms with E-state index in [-0.39, 0.29) is 12.3 Å². The van der Waals surface area contributed by atoms with Gasteiger partial charge in [0.1, 0.15) is 85.5 Å². The lowest BCUT2D eigenvalue weighted by Crippen LogP contribution is -2.72. The molecule has 24 atom stereocenters. The Morgan fingerprint density at radius 2 is 0.980 bits per heavy atom. The van der Waals surface area contributed by atoms with Crippen molar-refractivity contribution in [2.75, 3.05) is 33.0 Å². The van der Waals surface area contributed by atoms with Gasteiger partial charge in [0.25, 0.3) is 11.6 Å². The van der Waals surface area contributed by atoms with Crippen LogP contribution in [0.3, 0.4) is 0 Å². The van der Waals surface area contributed by atoms with Crippen LogP contribution in [0, 0.1) is 0 Å². The number of hydrogen-bond donors (Lipinski definition) is 19. The minimum absolute atomic E-state index is 0.170. The summed E-state index contributed by atoms with van der Waals surface area (Å²) >= 11 is 0. The minimum Gasteiger partial charge on any atom is -0.477 e. The molecule has 0 aromatic carbocycles. The first-order valence-electron chi connectivity index (χ1n) is 37.2. The molecule has 32 heteroatoms. The van der Waals surface area contributed by atoms with E-state index in [1.807, 2.05) is 0 Å². The molecule has 0 radical (unpaired) electrons. The summed E-state index contributed by atoms with van der Waals surface area (Å²) in [6.45, 7) is 1.15. The number of unbranched alkanes of at least 4 members (excludes halogenated alkanes) is 23. The number of amides is 3. The molecule has 0 aromatic rings. The Hall–Kier alpha value is -3.79. The molecule has 4 rings (SSSR count). The third-order valence-corrected chi connectivity index (χ3v) is 19.5. The molecule has 2 unspecified atom stereocenters. The van der Waals surface area contributed by atoms with Crippen molar-refractivity contribution in [1.82, 2.24) is 16.0 Å². The van der Waals surface area contributed by atoms with Gasteiger partial charge < -0.3 is 136 Å². The summed E-state index contributed by atoms with van der Waals surface area (Å²) in [5.74, 6) is -13.1. The fourth-order valence-corrected chi connectivity index (χ4v) is 13.5. The van der Waals surface area contributed by atoms with Crippen LogP contribution in [-0.4, -0.2) is 290 Å². The van der Waals surface area contributed by atoms with Gasteiger partial charge in [-0.2, -0.15) is 0 Å². The van der Waals surface area contributed by atoms with E-state index in [0.717, 1.165) is 97.3 Å². The van der Waals surface area contributed by atoms with Gasteiger partial charge in [-0.15, -0.1) is 0 Å². The van der Waals surface area contributed by atoms with Crippen molar-refractivity contribution in [2.24, 2.45) is 0 Å². The number of carbonyl (C=O) groups excluding carboxylic acids is 3. The minimum atomic E-state index is -3.39. The Kier molecular flexibility index (Phi) is 42.5. The highest BCUT2D eigenvalue weighted by Crippen LogP contribution is 2.41. The fourth-order valence-electron chi connectivity index (χ4n) is 13.5. The lowest BCUT2D eigenvalue weighted by Gasteiger charge is -2.51. The molecule has 0 saturated carbocycles. The lowest BCUT2D eigenvalue weighted by atomic mass is 9.87. The van der Waals surface area contributed by atoms with Crippen LogP contribution in [0.5, 0.6) is 0 Å². The van der Waals surface area contributed by atoms with Crippen LogP contribution in [0.2, 0.25) is 0 Å². The molecular formula is C70H125N3O29. The highest BCUT2D eigenvalue weighted by atomic mass is 16.8. The monoisotopic (exact) mass is 1470 g/mol. The third kappa shape index (κ3) is 28.4. The Balaban J connectivity index is 1.49. The Morgan fingerprint density at radius 3 is 1.47 bits per heavy atom. The van der Waals surface area contributed by atoms with Gasteiger partial charge in [-0.1, -0.05) is 161 Å². The van der Waals surface area contributed by atoms with Crippen molar-refractivity contribution in [1.29, 1.82) is 0 Å². The summed E-state index contributed by atoms with van der Waals surface area (Å²) in [6.07, 6.45) is -8.81. The normalized spacial score (nSPS) is 31.7. The van der Waals surface area contributed by atoms with E-state index in [9.17, 15) is 106 Å². The largest absolute Gasteiger partial charge is 0.477 e. The highest BCUT2D eigenvalue weighted by molar-refractivity contribution is 5.78. The highest BCUT2D eigenvalue weighted by Gasteiger charge is 2.62. The average Bonchev–Trinajstić information content (AvgIpc) is 0.755. The number of nitrogens with one attached hydrogen (secondary N) is 3. The van der Waals surface area contributed by atoms with Crippen LogP contribution >= 0.6 is 0 Å². The molecule has 19 N–H and O–H groups in total. The number of aliphatic carboxylic acids is 2. The number of carbonyl (C=O) groups is 5. The summed E-state index contributed by atoms with van der Waals surface area (Å²) in [6, 6.07) is -4.64. The topological polar surface area (TPSA) is 519 Å². The third-order valence-electron chi connectivity index (χ3n) is 19.5. The maximum absolute atomic E-state index is 13.6. The zero-order chi connectivity index (χ0) is 75.5. The average molecular weight is 1470 g/mol. The molecule has 102 heavy (non-hydrogen) atoms. The van der Waals surface area contributed by atoms with Crippen LogP contribution in [0.25, 0.3) is 0 Å². The number of aliphatic hydroxyl groups is 14. The van der Waals surface area contributed by atoms with Gasteiger partial charge in [0.2, 0.25) is 17.7 Å². The van der Waals surface area contributed by atoms with E-state index in [1.54, 1.807) is 0 Å². The maximum atomic E-state index is 13.6. The van der Waals surface area contributed by atoms with E-state index in [4.69, 9.17) is 37.9 Å². The van der Waals surface area contributed by atoms with Crippen molar-refractivity contribution in [2.45, 2.75) is 366 Å². The maximum Gasteiger partial charge on any atom is 0.364 e. The molecule has 4 fully saturated rings. The molecule has 0 spiro atoms. The number of ether oxygens (including phenoxy) is 8. The van der Waals surface area contributed by atoms with Crippen molar-refractivity contribution >= 4 is 29.7 Å². The zero-order valence-electron chi connectivity index (χ0n) is 60.1. The summed E-state index contributed by atoms with van der Waals surface area (Å²) in [5.41, 5.74) is 0. The standard InChI is InChI=1S/C70H125N3O29/c1-5-7-9-11-13-15-17-19-20-22-24-26-28-30-32-34-52(84)73-44(45(80)33-31-29-27-25-23-21-18-16-14-12-10-8-6-2)41-95-65-59(89)58(88)61(51(40-77)97-65)98-66-60(90)64(56(86)49(38-75)96-66)102-70(68(93)94)36-47(82)54(72-43(4)79)63(101-70)57(87)50(39-76)99-69(67(91)92)35-46(81)53(71-42(3)78)62(100-69)55(85)48(83)37-74/h15,17,44-51,53-66,74-77,80-83,85-90H,5-14,16,18-41H2,1-4H3,(H,71,78)(H,72,79)(H,73,84)(H,91,92)(H,93,94)/t44-,45+,46-,47-,48+,49+,50+,51+,53+,54+,55+,56-,57+,58+,59+,60+,61+,62?,63?,64-,65+,66-,69+,70-/m0/s1. The van der Waals surface area contributed by atoms with Gasteiger partial charge in [0, 0.05) is 33.1 Å². The van der Waals surface area contributed by atoms with Gasteiger partial charge >= 0.3 is 11.9 Å².